The third-order valence-electron chi connectivity index (χ3n) is 2.74. The number of carbonyl (C=O) groups excluding carboxylic acids is 1. The Hall–Kier alpha value is -2.71. The Labute approximate surface area is 120 Å². The molecule has 2 rings (SSSR count). The van der Waals surface area contributed by atoms with Gasteiger partial charge in [-0.25, -0.2) is 0 Å². The molecule has 0 heterocycles. The van der Waals surface area contributed by atoms with Gasteiger partial charge in [-0.15, -0.1) is 0 Å². The highest BCUT2D eigenvalue weighted by Crippen LogP contribution is 2.14. The van der Waals surface area contributed by atoms with Crippen LogP contribution in [0, 0.1) is 10.1 Å². The summed E-state index contributed by atoms with van der Waals surface area (Å²) >= 11 is 0. The van der Waals surface area contributed by atoms with Gasteiger partial charge in [-0.1, -0.05) is 18.2 Å². The number of nitro groups is 1. The molecular formula is C13H11BN2O5. The Morgan fingerprint density at radius 1 is 1.14 bits per heavy atom. The zero-order chi connectivity index (χ0) is 15.4. The monoisotopic (exact) mass is 286 g/mol. The predicted octanol–water partition coefficient (Wildman–Crippen LogP) is 0.527. The lowest BCUT2D eigenvalue weighted by Gasteiger charge is -2.07. The van der Waals surface area contributed by atoms with Gasteiger partial charge in [-0.05, 0) is 23.7 Å². The number of hydrogen-bond donors (Lipinski definition) is 3. The predicted molar refractivity (Wildman–Crippen MR) is 77.3 cm³/mol. The van der Waals surface area contributed by atoms with Crippen molar-refractivity contribution in [3.63, 3.8) is 0 Å². The molecule has 0 aliphatic carbocycles. The minimum atomic E-state index is -1.90. The van der Waals surface area contributed by atoms with Crippen LogP contribution in [0.15, 0.2) is 48.5 Å². The van der Waals surface area contributed by atoms with Crippen LogP contribution in [0.5, 0.6) is 0 Å². The number of carbonyl (C=O) groups is 1. The lowest BCUT2D eigenvalue weighted by Crippen LogP contribution is -2.31. The molecule has 0 aliphatic rings. The second-order valence-electron chi connectivity index (χ2n) is 4.26. The zero-order valence-corrected chi connectivity index (χ0v) is 10.8. The number of anilines is 1. The first-order valence-corrected chi connectivity index (χ1v) is 5.99. The molecule has 1 amide bonds. The van der Waals surface area contributed by atoms with Gasteiger partial charge in [0.15, 0.2) is 0 Å². The highest BCUT2D eigenvalue weighted by Gasteiger charge is 2.20. The highest BCUT2D eigenvalue weighted by molar-refractivity contribution is 6.58. The topological polar surface area (TPSA) is 113 Å². The van der Waals surface area contributed by atoms with Crippen molar-refractivity contribution in [1.82, 2.24) is 0 Å². The maximum absolute atomic E-state index is 12.1. The smallest absolute Gasteiger partial charge is 0.423 e. The number of rotatable bonds is 4. The van der Waals surface area contributed by atoms with Gasteiger partial charge in [0.05, 0.1) is 4.92 Å². The molecule has 8 heteroatoms. The van der Waals surface area contributed by atoms with E-state index in [2.05, 4.69) is 5.32 Å². The van der Waals surface area contributed by atoms with Crippen molar-refractivity contribution in [3.05, 3.63) is 64.2 Å². The molecule has 2 aromatic rings. The first kappa shape index (κ1) is 14.7. The van der Waals surface area contributed by atoms with Crippen LogP contribution < -0.4 is 10.8 Å². The molecule has 106 valence electrons. The molecule has 0 saturated heterocycles. The van der Waals surface area contributed by atoms with Crippen molar-refractivity contribution < 1.29 is 19.8 Å². The molecule has 0 spiro atoms. The van der Waals surface area contributed by atoms with Crippen molar-refractivity contribution in [3.8, 4) is 0 Å². The van der Waals surface area contributed by atoms with Crippen molar-refractivity contribution in [2.75, 3.05) is 5.32 Å². The van der Waals surface area contributed by atoms with E-state index in [1.807, 2.05) is 0 Å². The summed E-state index contributed by atoms with van der Waals surface area (Å²) < 4.78 is 0. The number of nitrogens with one attached hydrogen (secondary N) is 1. The Morgan fingerprint density at radius 3 is 2.38 bits per heavy atom. The van der Waals surface area contributed by atoms with Gasteiger partial charge in [0.2, 0.25) is 0 Å². The van der Waals surface area contributed by atoms with Crippen LogP contribution in [-0.4, -0.2) is 28.0 Å². The van der Waals surface area contributed by atoms with Crippen LogP contribution in [0.2, 0.25) is 0 Å². The second-order valence-corrected chi connectivity index (χ2v) is 4.26. The van der Waals surface area contributed by atoms with Gasteiger partial charge in [0, 0.05) is 23.4 Å². The minimum absolute atomic E-state index is 0.0313. The standard InChI is InChI=1S/C13H11BN2O5/c17-13(15-11-4-2-1-3-5-11)9-6-10(14(18)19)8-12(7-9)16(20)21/h1-8,18-19H,(H,15,17). The van der Waals surface area contributed by atoms with E-state index in [1.54, 1.807) is 30.3 Å². The normalized spacial score (nSPS) is 10.0. The largest absolute Gasteiger partial charge is 0.488 e. The molecule has 0 atom stereocenters. The highest BCUT2D eigenvalue weighted by atomic mass is 16.6. The molecule has 0 aliphatic heterocycles. The van der Waals surface area contributed by atoms with Gasteiger partial charge in [0.25, 0.3) is 11.6 Å². The van der Waals surface area contributed by atoms with E-state index in [1.165, 1.54) is 6.07 Å². The molecule has 2 aromatic carbocycles. The Bertz CT molecular complexity index is 676. The molecule has 0 unspecified atom stereocenters. The molecule has 3 N–H and O–H groups in total. The van der Waals surface area contributed by atoms with Crippen LogP contribution in [0.3, 0.4) is 0 Å². The van der Waals surface area contributed by atoms with E-state index in [0.29, 0.717) is 5.69 Å². The molecule has 7 nitrogen and oxygen atoms in total. The third kappa shape index (κ3) is 3.65. The number of para-hydroxylation sites is 1. The summed E-state index contributed by atoms with van der Waals surface area (Å²) in [7, 11) is -1.90. The van der Waals surface area contributed by atoms with Crippen LogP contribution in [0.25, 0.3) is 0 Å². The first-order valence-electron chi connectivity index (χ1n) is 5.99. The molecule has 0 fully saturated rings. The van der Waals surface area contributed by atoms with Crippen LogP contribution in [0.1, 0.15) is 10.4 Å². The van der Waals surface area contributed by atoms with E-state index in [0.717, 1.165) is 12.1 Å². The average molecular weight is 286 g/mol. The van der Waals surface area contributed by atoms with E-state index >= 15 is 0 Å². The molecule has 0 bridgehead atoms. The van der Waals surface area contributed by atoms with Crippen molar-refractivity contribution in [2.45, 2.75) is 0 Å². The van der Waals surface area contributed by atoms with Gasteiger partial charge < -0.3 is 15.4 Å². The number of non-ortho nitro benzene ring substituents is 1. The second kappa shape index (κ2) is 6.16. The molecule has 0 radical (unpaired) electrons. The molecular weight excluding hydrogens is 275 g/mol. The molecule has 21 heavy (non-hydrogen) atoms. The Balaban J connectivity index is 2.34. The molecule has 0 aromatic heterocycles. The maximum Gasteiger partial charge on any atom is 0.488 e. The number of hydrogen-bond acceptors (Lipinski definition) is 5. The maximum atomic E-state index is 12.1. The fraction of sp³-hybridized carbons (Fsp3) is 0. The SMILES string of the molecule is O=C(Nc1ccccc1)c1cc(B(O)O)cc([N+](=O)[O-])c1. The van der Waals surface area contributed by atoms with Gasteiger partial charge >= 0.3 is 7.12 Å². The van der Waals surface area contributed by atoms with Gasteiger partial charge in [-0.2, -0.15) is 0 Å². The number of amides is 1. The lowest BCUT2D eigenvalue weighted by molar-refractivity contribution is -0.384. The zero-order valence-electron chi connectivity index (χ0n) is 10.8. The summed E-state index contributed by atoms with van der Waals surface area (Å²) in [5.74, 6) is -0.577. The van der Waals surface area contributed by atoms with Crippen molar-refractivity contribution in [2.24, 2.45) is 0 Å². The summed E-state index contributed by atoms with van der Waals surface area (Å²) in [6, 6.07) is 11.8. The third-order valence-corrected chi connectivity index (χ3v) is 2.74. The Kier molecular flexibility index (Phi) is 4.31. The quantitative estimate of drug-likeness (QED) is 0.431. The average Bonchev–Trinajstić information content (AvgIpc) is 2.47. The number of nitro benzene ring substituents is 1. The minimum Gasteiger partial charge on any atom is -0.423 e. The summed E-state index contributed by atoms with van der Waals surface area (Å²) in [6.07, 6.45) is 0. The van der Waals surface area contributed by atoms with E-state index < -0.39 is 17.9 Å². The van der Waals surface area contributed by atoms with E-state index in [-0.39, 0.29) is 16.7 Å². The summed E-state index contributed by atoms with van der Waals surface area (Å²) in [4.78, 5) is 22.2. The summed E-state index contributed by atoms with van der Waals surface area (Å²) in [5.41, 5.74) is -0.0162. The van der Waals surface area contributed by atoms with Crippen LogP contribution >= 0.6 is 0 Å². The summed E-state index contributed by atoms with van der Waals surface area (Å²) in [5, 5.41) is 31.6. The number of nitrogens with zero attached hydrogens (tertiary/aromatic N) is 1. The van der Waals surface area contributed by atoms with Crippen molar-refractivity contribution >= 4 is 29.9 Å². The van der Waals surface area contributed by atoms with E-state index in [4.69, 9.17) is 10.0 Å². The Morgan fingerprint density at radius 2 is 1.81 bits per heavy atom. The fourth-order valence-corrected chi connectivity index (χ4v) is 1.74. The fourth-order valence-electron chi connectivity index (χ4n) is 1.74. The van der Waals surface area contributed by atoms with Gasteiger partial charge in [-0.3, -0.25) is 14.9 Å². The first-order chi connectivity index (χ1) is 9.97. The van der Waals surface area contributed by atoms with Gasteiger partial charge in [0.1, 0.15) is 0 Å². The summed E-state index contributed by atoms with van der Waals surface area (Å²) in [6.45, 7) is 0. The lowest BCUT2D eigenvalue weighted by atomic mass is 9.79. The molecule has 0 saturated carbocycles. The van der Waals surface area contributed by atoms with Crippen LogP contribution in [-0.2, 0) is 0 Å². The van der Waals surface area contributed by atoms with Crippen molar-refractivity contribution in [1.29, 1.82) is 0 Å². The number of benzene rings is 2. The van der Waals surface area contributed by atoms with Crippen LogP contribution in [0.4, 0.5) is 11.4 Å². The van der Waals surface area contributed by atoms with E-state index in [9.17, 15) is 14.9 Å².